The molecule has 3 rings (SSSR count). The lowest BCUT2D eigenvalue weighted by Crippen LogP contribution is -2.57. The van der Waals surface area contributed by atoms with Gasteiger partial charge < -0.3 is 9.84 Å². The van der Waals surface area contributed by atoms with Crippen molar-refractivity contribution in [3.63, 3.8) is 0 Å². The molecule has 1 aliphatic heterocycles. The molecule has 8 heteroatoms. The van der Waals surface area contributed by atoms with Gasteiger partial charge in [-0.05, 0) is 37.5 Å². The Bertz CT molecular complexity index is 726. The Morgan fingerprint density at radius 1 is 1.30 bits per heavy atom. The lowest BCUT2D eigenvalue weighted by molar-refractivity contribution is -0.0549. The average molecular weight is 343 g/mol. The number of sulfonamides is 1. The number of carbonyl (C=O) groups is 1. The Hall–Kier alpha value is -1.51. The van der Waals surface area contributed by atoms with Crippen LogP contribution in [0.15, 0.2) is 17.0 Å². The normalized spacial score (nSPS) is 19.4. The van der Waals surface area contributed by atoms with Crippen molar-refractivity contribution in [1.82, 2.24) is 4.31 Å². The van der Waals surface area contributed by atoms with E-state index in [0.717, 1.165) is 25.3 Å². The van der Waals surface area contributed by atoms with Crippen LogP contribution in [0.3, 0.4) is 0 Å². The van der Waals surface area contributed by atoms with E-state index in [1.165, 1.54) is 10.4 Å². The molecular weight excluding hydrogens is 325 g/mol. The predicted octanol–water partition coefficient (Wildman–Crippen LogP) is 1.77. The van der Waals surface area contributed by atoms with Gasteiger partial charge in [0.1, 0.15) is 4.90 Å². The summed E-state index contributed by atoms with van der Waals surface area (Å²) in [5.41, 5.74) is -0.234. The maximum Gasteiger partial charge on any atom is 0.338 e. The third-order valence-corrected chi connectivity index (χ3v) is 6.39. The zero-order valence-electron chi connectivity index (χ0n) is 12.7. The highest BCUT2D eigenvalue weighted by Crippen LogP contribution is 2.35. The van der Waals surface area contributed by atoms with Crippen LogP contribution in [0.4, 0.5) is 4.39 Å². The van der Waals surface area contributed by atoms with E-state index >= 15 is 0 Å². The Morgan fingerprint density at radius 2 is 1.96 bits per heavy atom. The zero-order chi connectivity index (χ0) is 16.8. The Balaban J connectivity index is 2.09. The third-order valence-electron chi connectivity index (χ3n) is 4.38. The van der Waals surface area contributed by atoms with E-state index in [9.17, 15) is 17.6 Å². The molecular formula is C15H18FNO5S. The molecule has 0 radical (unpaired) electrons. The van der Waals surface area contributed by atoms with Gasteiger partial charge in [0, 0.05) is 6.04 Å². The molecule has 0 atom stereocenters. The molecule has 1 aromatic rings. The Labute approximate surface area is 133 Å². The van der Waals surface area contributed by atoms with Crippen molar-refractivity contribution in [1.29, 1.82) is 0 Å². The van der Waals surface area contributed by atoms with Gasteiger partial charge in [-0.1, -0.05) is 6.42 Å². The minimum atomic E-state index is -4.12. The molecule has 0 amide bonds. The molecule has 2 fully saturated rings. The molecule has 23 heavy (non-hydrogen) atoms. The van der Waals surface area contributed by atoms with Crippen molar-refractivity contribution in [2.75, 3.05) is 13.2 Å². The predicted molar refractivity (Wildman–Crippen MR) is 79.4 cm³/mol. The summed E-state index contributed by atoms with van der Waals surface area (Å²) in [6.07, 6.45) is 2.39. The zero-order valence-corrected chi connectivity index (χ0v) is 13.5. The number of halogens is 1. The number of rotatable bonds is 5. The summed E-state index contributed by atoms with van der Waals surface area (Å²) in [5.74, 6) is -2.68. The molecule has 1 heterocycles. The highest BCUT2D eigenvalue weighted by molar-refractivity contribution is 7.89. The number of carboxylic acid groups (broad SMARTS) is 1. The first-order valence-electron chi connectivity index (χ1n) is 7.47. The second-order valence-electron chi connectivity index (χ2n) is 6.04. The van der Waals surface area contributed by atoms with Gasteiger partial charge in [-0.3, -0.25) is 0 Å². The van der Waals surface area contributed by atoms with Crippen molar-refractivity contribution in [2.45, 2.75) is 43.2 Å². The van der Waals surface area contributed by atoms with Crippen LogP contribution in [0.1, 0.15) is 35.2 Å². The summed E-state index contributed by atoms with van der Waals surface area (Å²) < 4.78 is 46.9. The van der Waals surface area contributed by atoms with E-state index < -0.39 is 32.3 Å². The minimum Gasteiger partial charge on any atom is -0.478 e. The SMILES string of the molecule is Cc1cc(C(=O)O)c(F)c(S(=O)(=O)N(C2CCC2)C2COC2)c1. The van der Waals surface area contributed by atoms with Crippen LogP contribution in [0.2, 0.25) is 0 Å². The van der Waals surface area contributed by atoms with Gasteiger partial charge in [-0.25, -0.2) is 17.6 Å². The lowest BCUT2D eigenvalue weighted by atomic mass is 9.92. The minimum absolute atomic E-state index is 0.165. The van der Waals surface area contributed by atoms with Crippen LogP contribution < -0.4 is 0 Å². The van der Waals surface area contributed by atoms with Crippen LogP contribution in [0, 0.1) is 12.7 Å². The number of hydrogen-bond acceptors (Lipinski definition) is 4. The molecule has 1 saturated heterocycles. The van der Waals surface area contributed by atoms with Crippen LogP contribution in [-0.4, -0.2) is 49.1 Å². The maximum atomic E-state index is 14.5. The summed E-state index contributed by atoms with van der Waals surface area (Å²) in [6, 6.07) is 1.86. The summed E-state index contributed by atoms with van der Waals surface area (Å²) in [4.78, 5) is 10.6. The quantitative estimate of drug-likeness (QED) is 0.881. The smallest absolute Gasteiger partial charge is 0.338 e. The second kappa shape index (κ2) is 5.85. The van der Waals surface area contributed by atoms with Crippen molar-refractivity contribution in [3.8, 4) is 0 Å². The topological polar surface area (TPSA) is 83.9 Å². The van der Waals surface area contributed by atoms with Gasteiger partial charge in [-0.2, -0.15) is 4.31 Å². The molecule has 0 aromatic heterocycles. The number of nitrogens with zero attached hydrogens (tertiary/aromatic N) is 1. The number of benzene rings is 1. The number of aryl methyl sites for hydroxylation is 1. The van der Waals surface area contributed by atoms with Crippen molar-refractivity contribution >= 4 is 16.0 Å². The van der Waals surface area contributed by atoms with Gasteiger partial charge in [0.2, 0.25) is 10.0 Å². The van der Waals surface area contributed by atoms with Crippen molar-refractivity contribution in [3.05, 3.63) is 29.1 Å². The average Bonchev–Trinajstić information content (AvgIpc) is 2.35. The van der Waals surface area contributed by atoms with E-state index in [1.54, 1.807) is 6.92 Å². The monoisotopic (exact) mass is 343 g/mol. The highest BCUT2D eigenvalue weighted by Gasteiger charge is 2.44. The molecule has 1 aliphatic carbocycles. The van der Waals surface area contributed by atoms with Gasteiger partial charge in [0.25, 0.3) is 0 Å². The fourth-order valence-corrected chi connectivity index (χ4v) is 4.91. The van der Waals surface area contributed by atoms with Crippen LogP contribution in [-0.2, 0) is 14.8 Å². The summed E-state index contributed by atoms with van der Waals surface area (Å²) >= 11 is 0. The molecule has 1 N–H and O–H groups in total. The van der Waals surface area contributed by atoms with Gasteiger partial charge in [0.05, 0.1) is 24.8 Å². The Morgan fingerprint density at radius 3 is 2.39 bits per heavy atom. The van der Waals surface area contributed by atoms with E-state index in [1.807, 2.05) is 0 Å². The Kier molecular flexibility index (Phi) is 4.16. The van der Waals surface area contributed by atoms with Crippen molar-refractivity contribution in [2.24, 2.45) is 0 Å². The molecule has 0 bridgehead atoms. The van der Waals surface area contributed by atoms with E-state index in [2.05, 4.69) is 0 Å². The first-order valence-corrected chi connectivity index (χ1v) is 8.91. The molecule has 2 aliphatic rings. The number of hydrogen-bond donors (Lipinski definition) is 1. The van der Waals surface area contributed by atoms with Gasteiger partial charge >= 0.3 is 5.97 Å². The molecule has 126 valence electrons. The van der Waals surface area contributed by atoms with Gasteiger partial charge in [-0.15, -0.1) is 0 Å². The lowest BCUT2D eigenvalue weighted by Gasteiger charge is -2.44. The number of ether oxygens (including phenoxy) is 1. The van der Waals surface area contributed by atoms with Crippen LogP contribution in [0.25, 0.3) is 0 Å². The molecule has 0 spiro atoms. The first-order chi connectivity index (χ1) is 10.8. The van der Waals surface area contributed by atoms with E-state index in [4.69, 9.17) is 9.84 Å². The molecule has 6 nitrogen and oxygen atoms in total. The fourth-order valence-electron chi connectivity index (χ4n) is 2.89. The second-order valence-corrected chi connectivity index (χ2v) is 7.85. The van der Waals surface area contributed by atoms with E-state index in [0.29, 0.717) is 5.56 Å². The molecule has 1 aromatic carbocycles. The standard InChI is InChI=1S/C15H18FNO5S/c1-9-5-12(15(18)19)14(16)13(6-9)23(20,21)17(10-3-2-4-10)11-7-22-8-11/h5-6,10-11H,2-4,7-8H2,1H3,(H,18,19). The molecule has 0 unspecified atom stereocenters. The summed E-state index contributed by atoms with van der Waals surface area (Å²) in [5, 5.41) is 9.08. The summed E-state index contributed by atoms with van der Waals surface area (Å²) in [7, 11) is -4.12. The maximum absolute atomic E-state index is 14.5. The van der Waals surface area contributed by atoms with E-state index in [-0.39, 0.29) is 25.3 Å². The number of carboxylic acids is 1. The van der Waals surface area contributed by atoms with Gasteiger partial charge in [0.15, 0.2) is 5.82 Å². The van der Waals surface area contributed by atoms with Crippen LogP contribution in [0.5, 0.6) is 0 Å². The highest BCUT2D eigenvalue weighted by atomic mass is 32.2. The molecule has 1 saturated carbocycles. The summed E-state index contributed by atoms with van der Waals surface area (Å²) in [6.45, 7) is 2.12. The first kappa shape index (κ1) is 16.4. The van der Waals surface area contributed by atoms with Crippen LogP contribution >= 0.6 is 0 Å². The third kappa shape index (κ3) is 2.75. The number of aromatic carboxylic acids is 1. The fraction of sp³-hybridized carbons (Fsp3) is 0.533. The van der Waals surface area contributed by atoms with Crippen molar-refractivity contribution < 1.29 is 27.4 Å². The largest absolute Gasteiger partial charge is 0.478 e.